The number of benzene rings is 3. The Kier molecular flexibility index (Phi) is 7.41. The van der Waals surface area contributed by atoms with Gasteiger partial charge in [-0.25, -0.2) is 14.6 Å². The monoisotopic (exact) mass is 562 g/mol. The van der Waals surface area contributed by atoms with Crippen LogP contribution in [0.2, 0.25) is 0 Å². The third-order valence-electron chi connectivity index (χ3n) is 7.92. The number of pyridine rings is 1. The number of hydrogen-bond donors (Lipinski definition) is 3. The molecule has 1 aliphatic heterocycles. The maximum Gasteiger partial charge on any atom is 0.412 e. The highest BCUT2D eigenvalue weighted by Crippen LogP contribution is 2.44. The number of aliphatic carboxylic acids is 1. The number of carbonyl (C=O) groups is 3. The van der Waals surface area contributed by atoms with E-state index in [9.17, 15) is 19.5 Å². The van der Waals surface area contributed by atoms with Crippen LogP contribution in [0.25, 0.3) is 11.1 Å². The number of ether oxygens (including phenoxy) is 1. The zero-order valence-corrected chi connectivity index (χ0v) is 22.8. The minimum atomic E-state index is -1.44. The van der Waals surface area contributed by atoms with Gasteiger partial charge in [0.15, 0.2) is 5.54 Å². The van der Waals surface area contributed by atoms with Crippen molar-refractivity contribution in [3.63, 3.8) is 0 Å². The van der Waals surface area contributed by atoms with Gasteiger partial charge in [0.25, 0.3) is 5.91 Å². The number of nitrogens with zero attached hydrogens (tertiary/aromatic N) is 2. The first-order chi connectivity index (χ1) is 20.4. The quantitative estimate of drug-likeness (QED) is 0.279. The molecule has 1 fully saturated rings. The molecule has 1 aliphatic carbocycles. The summed E-state index contributed by atoms with van der Waals surface area (Å²) in [5, 5.41) is 15.3. The Morgan fingerprint density at radius 2 is 1.55 bits per heavy atom. The first kappa shape index (κ1) is 27.2. The summed E-state index contributed by atoms with van der Waals surface area (Å²) in [4.78, 5) is 44.4. The van der Waals surface area contributed by atoms with Crippen LogP contribution in [0.3, 0.4) is 0 Å². The molecule has 9 nitrogen and oxygen atoms in total. The van der Waals surface area contributed by atoms with Crippen molar-refractivity contribution in [2.45, 2.75) is 24.4 Å². The normalized spacial score (nSPS) is 17.7. The summed E-state index contributed by atoms with van der Waals surface area (Å²) in [5.74, 6) is -1.69. The molecule has 0 bridgehead atoms. The van der Waals surface area contributed by atoms with Gasteiger partial charge in [-0.05, 0) is 46.4 Å². The zero-order valence-electron chi connectivity index (χ0n) is 22.8. The number of carboxylic acids is 1. The van der Waals surface area contributed by atoms with Gasteiger partial charge < -0.3 is 15.2 Å². The summed E-state index contributed by atoms with van der Waals surface area (Å²) >= 11 is 0. The number of carboxylic acid groups (broad SMARTS) is 1. The highest BCUT2D eigenvalue weighted by molar-refractivity contribution is 5.97. The lowest BCUT2D eigenvalue weighted by molar-refractivity contribution is -0.144. The average molecular weight is 563 g/mol. The van der Waals surface area contributed by atoms with Gasteiger partial charge >= 0.3 is 12.1 Å². The van der Waals surface area contributed by atoms with E-state index in [2.05, 4.69) is 27.8 Å². The Balaban J connectivity index is 1.08. The van der Waals surface area contributed by atoms with Crippen LogP contribution >= 0.6 is 0 Å². The molecule has 2 aliphatic rings. The molecule has 212 valence electrons. The molecule has 1 saturated heterocycles. The molecule has 0 radical (unpaired) electrons. The van der Waals surface area contributed by atoms with E-state index in [4.69, 9.17) is 4.74 Å². The Bertz CT molecular complexity index is 1600. The van der Waals surface area contributed by atoms with Crippen molar-refractivity contribution in [2.75, 3.05) is 25.0 Å². The smallest absolute Gasteiger partial charge is 0.412 e. The number of carbonyl (C=O) groups excluding carboxylic acids is 2. The van der Waals surface area contributed by atoms with Crippen LogP contribution < -0.4 is 10.6 Å². The lowest BCUT2D eigenvalue weighted by Gasteiger charge is -2.26. The molecule has 2 heterocycles. The van der Waals surface area contributed by atoms with E-state index in [0.29, 0.717) is 13.1 Å². The molecule has 1 aromatic heterocycles. The second-order valence-corrected chi connectivity index (χ2v) is 10.6. The van der Waals surface area contributed by atoms with Gasteiger partial charge in [0.05, 0.1) is 0 Å². The molecular formula is C33H30N4O5. The number of anilines is 1. The molecule has 1 atom stereocenters. The third-order valence-corrected chi connectivity index (χ3v) is 7.92. The van der Waals surface area contributed by atoms with Crippen LogP contribution in [0.1, 0.15) is 39.5 Å². The van der Waals surface area contributed by atoms with E-state index in [1.807, 2.05) is 71.6 Å². The van der Waals surface area contributed by atoms with Gasteiger partial charge in [0.2, 0.25) is 0 Å². The lowest BCUT2D eigenvalue weighted by Crippen LogP contribution is -2.56. The molecule has 6 rings (SSSR count). The molecule has 4 aromatic rings. The lowest BCUT2D eigenvalue weighted by atomic mass is 9.98. The molecule has 0 spiro atoms. The molecule has 3 aromatic carbocycles. The van der Waals surface area contributed by atoms with Crippen LogP contribution in [-0.2, 0) is 16.1 Å². The number of amides is 2. The van der Waals surface area contributed by atoms with Crippen molar-refractivity contribution in [1.29, 1.82) is 0 Å². The summed E-state index contributed by atoms with van der Waals surface area (Å²) in [6.07, 6.45) is -0.435. The predicted octanol–water partition coefficient (Wildman–Crippen LogP) is 4.90. The fourth-order valence-corrected chi connectivity index (χ4v) is 5.85. The number of aromatic nitrogens is 1. The van der Waals surface area contributed by atoms with E-state index in [0.717, 1.165) is 27.8 Å². The van der Waals surface area contributed by atoms with Crippen LogP contribution in [-0.4, -0.2) is 58.2 Å². The minimum Gasteiger partial charge on any atom is -0.479 e. The van der Waals surface area contributed by atoms with E-state index in [-0.39, 0.29) is 37.0 Å². The van der Waals surface area contributed by atoms with Crippen LogP contribution in [0.4, 0.5) is 10.6 Å². The molecule has 9 heteroatoms. The largest absolute Gasteiger partial charge is 0.479 e. The summed E-state index contributed by atoms with van der Waals surface area (Å²) < 4.78 is 5.59. The fraction of sp³-hybridized carbons (Fsp3) is 0.212. The Morgan fingerprint density at radius 1 is 0.881 bits per heavy atom. The first-order valence-corrected chi connectivity index (χ1v) is 13.8. The molecule has 2 amide bonds. The maximum absolute atomic E-state index is 13.1. The highest BCUT2D eigenvalue weighted by atomic mass is 16.5. The fourth-order valence-electron chi connectivity index (χ4n) is 5.85. The molecule has 42 heavy (non-hydrogen) atoms. The maximum atomic E-state index is 13.1. The van der Waals surface area contributed by atoms with E-state index < -0.39 is 23.5 Å². The van der Waals surface area contributed by atoms with Gasteiger partial charge in [-0.15, -0.1) is 0 Å². The van der Waals surface area contributed by atoms with Crippen molar-refractivity contribution >= 4 is 23.8 Å². The van der Waals surface area contributed by atoms with Gasteiger partial charge in [-0.2, -0.15) is 0 Å². The van der Waals surface area contributed by atoms with Crippen LogP contribution in [0.15, 0.2) is 97.1 Å². The van der Waals surface area contributed by atoms with Gasteiger partial charge in [-0.3, -0.25) is 15.0 Å². The molecular weight excluding hydrogens is 532 g/mol. The van der Waals surface area contributed by atoms with E-state index in [1.54, 1.807) is 12.1 Å². The molecule has 0 saturated carbocycles. The Hall–Kier alpha value is -5.02. The summed E-state index contributed by atoms with van der Waals surface area (Å²) in [7, 11) is 0. The second-order valence-electron chi connectivity index (χ2n) is 10.6. The highest BCUT2D eigenvalue weighted by Gasteiger charge is 2.46. The Morgan fingerprint density at radius 3 is 2.24 bits per heavy atom. The second kappa shape index (κ2) is 11.5. The van der Waals surface area contributed by atoms with Crippen molar-refractivity contribution < 1.29 is 24.2 Å². The number of rotatable bonds is 8. The van der Waals surface area contributed by atoms with Gasteiger partial charge in [-0.1, -0.05) is 84.9 Å². The number of hydrogen-bond acceptors (Lipinski definition) is 6. The summed E-state index contributed by atoms with van der Waals surface area (Å²) in [6, 6.07) is 30.5. The summed E-state index contributed by atoms with van der Waals surface area (Å²) in [5.41, 5.74) is 4.09. The average Bonchev–Trinajstić information content (AvgIpc) is 3.56. The number of likely N-dealkylation sites (tertiary alicyclic amines) is 1. The predicted molar refractivity (Wildman–Crippen MR) is 157 cm³/mol. The van der Waals surface area contributed by atoms with E-state index >= 15 is 0 Å². The van der Waals surface area contributed by atoms with Gasteiger partial charge in [0.1, 0.15) is 18.1 Å². The van der Waals surface area contributed by atoms with Crippen molar-refractivity contribution in [1.82, 2.24) is 15.2 Å². The summed E-state index contributed by atoms with van der Waals surface area (Å²) in [6.45, 7) is 1.42. The van der Waals surface area contributed by atoms with Crippen LogP contribution in [0.5, 0.6) is 0 Å². The standard InChI is InChI=1S/C33H30N4O5/c38-30(36-33(31(39)40)17-18-37(21-33)19-22-9-2-1-3-10-22)28-15-8-16-29(34-28)35-32(41)42-20-27-25-13-6-4-11-23(25)24-12-5-7-14-26(24)27/h1-16,27H,17-21H2,(H,36,38)(H,39,40)(H,34,35,41). The number of fused-ring (bicyclic) bond motifs is 3. The molecule has 1 unspecified atom stereocenters. The minimum absolute atomic E-state index is 0.00594. The Labute approximate surface area is 243 Å². The zero-order chi connectivity index (χ0) is 29.1. The van der Waals surface area contributed by atoms with Crippen molar-refractivity contribution in [3.8, 4) is 11.1 Å². The third kappa shape index (κ3) is 5.46. The van der Waals surface area contributed by atoms with E-state index in [1.165, 1.54) is 6.07 Å². The van der Waals surface area contributed by atoms with Crippen LogP contribution in [0, 0.1) is 0 Å². The topological polar surface area (TPSA) is 121 Å². The first-order valence-electron chi connectivity index (χ1n) is 13.8. The number of nitrogens with one attached hydrogen (secondary N) is 2. The van der Waals surface area contributed by atoms with Gasteiger partial charge in [0, 0.05) is 25.6 Å². The molecule has 3 N–H and O–H groups in total. The van der Waals surface area contributed by atoms with Crippen molar-refractivity contribution in [3.05, 3.63) is 119 Å². The van der Waals surface area contributed by atoms with Crippen molar-refractivity contribution in [2.24, 2.45) is 0 Å². The SMILES string of the molecule is O=C(Nc1cccc(C(=O)NC2(C(=O)O)CCN(Cc3ccccc3)C2)n1)OCC1c2ccccc2-c2ccccc21.